The van der Waals surface area contributed by atoms with Crippen LogP contribution < -0.4 is 5.56 Å². The normalized spacial score (nSPS) is 11.5. The fourth-order valence-corrected chi connectivity index (χ4v) is 3.28. The number of hydrogen-bond acceptors (Lipinski definition) is 5. The molecule has 1 aromatic carbocycles. The summed E-state index contributed by atoms with van der Waals surface area (Å²) in [6.07, 6.45) is 3.67. The number of hydrogen-bond donors (Lipinski definition) is 0. The highest BCUT2D eigenvalue weighted by atomic mass is 19.1. The molecule has 0 unspecified atom stereocenters. The molecule has 0 atom stereocenters. The zero-order valence-electron chi connectivity index (χ0n) is 15.7. The van der Waals surface area contributed by atoms with E-state index >= 15 is 0 Å². The molecule has 3 aromatic heterocycles. The minimum atomic E-state index is -0.322. The van der Waals surface area contributed by atoms with Gasteiger partial charge in [-0.3, -0.25) is 4.79 Å². The van der Waals surface area contributed by atoms with Crippen LogP contribution in [0.25, 0.3) is 27.8 Å². The van der Waals surface area contributed by atoms with Crippen molar-refractivity contribution in [3.8, 4) is 11.1 Å². The van der Waals surface area contributed by atoms with E-state index in [4.69, 9.17) is 4.74 Å². The molecule has 0 saturated heterocycles. The Morgan fingerprint density at radius 2 is 1.93 bits per heavy atom. The molecule has 0 amide bonds. The van der Waals surface area contributed by atoms with E-state index in [1.54, 1.807) is 34.5 Å². The van der Waals surface area contributed by atoms with Gasteiger partial charge in [0.15, 0.2) is 11.2 Å². The van der Waals surface area contributed by atoms with E-state index in [1.807, 2.05) is 6.07 Å². The van der Waals surface area contributed by atoms with Crippen LogP contribution in [0.2, 0.25) is 0 Å². The predicted molar refractivity (Wildman–Crippen MR) is 104 cm³/mol. The Bertz CT molecular complexity index is 1200. The lowest BCUT2D eigenvalue weighted by molar-refractivity contribution is 0.181. The van der Waals surface area contributed by atoms with E-state index in [2.05, 4.69) is 22.2 Å². The number of benzene rings is 1. The topological polar surface area (TPSA) is 74.3 Å². The molecule has 0 bridgehead atoms. The second-order valence-corrected chi connectivity index (χ2v) is 6.60. The number of aromatic nitrogens is 5. The molecule has 0 spiro atoms. The number of aryl methyl sites for hydroxylation is 1. The highest BCUT2D eigenvalue weighted by molar-refractivity contribution is 5.84. The number of methoxy groups -OCH3 is 1. The molecule has 0 aliphatic carbocycles. The molecule has 3 heterocycles. The number of ether oxygens (including phenoxy) is 1. The van der Waals surface area contributed by atoms with E-state index in [1.165, 1.54) is 12.1 Å². The van der Waals surface area contributed by atoms with Crippen molar-refractivity contribution in [1.29, 1.82) is 0 Å². The van der Waals surface area contributed by atoms with Gasteiger partial charge in [-0.25, -0.2) is 8.91 Å². The maximum atomic E-state index is 13.4. The van der Waals surface area contributed by atoms with Crippen LogP contribution >= 0.6 is 0 Å². The fourth-order valence-electron chi connectivity index (χ4n) is 3.28. The van der Waals surface area contributed by atoms with Gasteiger partial charge < -0.3 is 9.30 Å². The minimum absolute atomic E-state index is 0.188. The summed E-state index contributed by atoms with van der Waals surface area (Å²) in [5, 5.41) is 13.1. The van der Waals surface area contributed by atoms with Crippen molar-refractivity contribution >= 4 is 16.7 Å². The smallest absolute Gasteiger partial charge is 0.280 e. The molecular formula is C20H20FN5O2. The summed E-state index contributed by atoms with van der Waals surface area (Å²) in [7, 11) is 1.58. The quantitative estimate of drug-likeness (QED) is 0.513. The van der Waals surface area contributed by atoms with E-state index in [0.29, 0.717) is 29.0 Å². The van der Waals surface area contributed by atoms with Gasteiger partial charge in [-0.15, -0.1) is 10.2 Å². The first-order valence-electron chi connectivity index (χ1n) is 9.16. The van der Waals surface area contributed by atoms with Crippen molar-refractivity contribution in [3.63, 3.8) is 0 Å². The third kappa shape index (κ3) is 3.05. The summed E-state index contributed by atoms with van der Waals surface area (Å²) in [4.78, 5) is 12.8. The molecule has 7 nitrogen and oxygen atoms in total. The standard InChI is InChI=1S/C20H20FN5O2/c1-3-4-10-25-11-9-16-18(20(25)27)22-23-19-17(13-5-7-14(21)8-6-13)15(12-28-2)24-26(16)19/h5-9,11H,3-4,10,12H2,1-2H3. The highest BCUT2D eigenvalue weighted by Crippen LogP contribution is 2.29. The van der Waals surface area contributed by atoms with E-state index in [9.17, 15) is 9.18 Å². The lowest BCUT2D eigenvalue weighted by Crippen LogP contribution is -2.21. The van der Waals surface area contributed by atoms with Gasteiger partial charge in [0.2, 0.25) is 0 Å². The summed E-state index contributed by atoms with van der Waals surface area (Å²) in [6.45, 7) is 2.97. The molecule has 144 valence electrons. The van der Waals surface area contributed by atoms with Gasteiger partial charge in [-0.05, 0) is 30.2 Å². The van der Waals surface area contributed by atoms with Crippen molar-refractivity contribution in [2.75, 3.05) is 7.11 Å². The van der Waals surface area contributed by atoms with E-state index < -0.39 is 0 Å². The molecule has 0 radical (unpaired) electrons. The van der Waals surface area contributed by atoms with Crippen molar-refractivity contribution in [2.24, 2.45) is 0 Å². The summed E-state index contributed by atoms with van der Waals surface area (Å²) >= 11 is 0. The second kappa shape index (κ2) is 7.47. The summed E-state index contributed by atoms with van der Waals surface area (Å²) in [6, 6.07) is 7.93. The molecule has 0 fully saturated rings. The molecule has 0 aliphatic rings. The van der Waals surface area contributed by atoms with Crippen LogP contribution in [0.4, 0.5) is 4.39 Å². The predicted octanol–water partition coefficient (Wildman–Crippen LogP) is 3.19. The van der Waals surface area contributed by atoms with Crippen LogP contribution in [0.5, 0.6) is 0 Å². The van der Waals surface area contributed by atoms with E-state index in [-0.39, 0.29) is 23.5 Å². The van der Waals surface area contributed by atoms with Crippen LogP contribution in [0, 0.1) is 5.82 Å². The molecular weight excluding hydrogens is 361 g/mol. The largest absolute Gasteiger partial charge is 0.378 e. The Kier molecular flexibility index (Phi) is 4.87. The van der Waals surface area contributed by atoms with Crippen LogP contribution in [0.15, 0.2) is 41.3 Å². The first-order chi connectivity index (χ1) is 13.6. The number of halogens is 1. The summed E-state index contributed by atoms with van der Waals surface area (Å²) in [5.74, 6) is -0.322. The first-order valence-corrected chi connectivity index (χ1v) is 9.16. The third-order valence-corrected chi connectivity index (χ3v) is 4.69. The van der Waals surface area contributed by atoms with Crippen molar-refractivity contribution < 1.29 is 9.13 Å². The molecule has 28 heavy (non-hydrogen) atoms. The van der Waals surface area contributed by atoms with Crippen LogP contribution in [0.1, 0.15) is 25.5 Å². The number of unbranched alkanes of at least 4 members (excludes halogenated alkanes) is 1. The molecule has 0 N–H and O–H groups in total. The average molecular weight is 381 g/mol. The molecule has 4 rings (SSSR count). The zero-order valence-corrected chi connectivity index (χ0v) is 15.7. The second-order valence-electron chi connectivity index (χ2n) is 6.60. The highest BCUT2D eigenvalue weighted by Gasteiger charge is 2.19. The lowest BCUT2D eigenvalue weighted by Gasteiger charge is -2.06. The van der Waals surface area contributed by atoms with Crippen LogP contribution in [-0.2, 0) is 17.9 Å². The van der Waals surface area contributed by atoms with Gasteiger partial charge in [0.25, 0.3) is 5.56 Å². The Hall–Kier alpha value is -3.13. The van der Waals surface area contributed by atoms with E-state index in [0.717, 1.165) is 18.4 Å². The van der Waals surface area contributed by atoms with Crippen molar-refractivity contribution in [2.45, 2.75) is 32.9 Å². The third-order valence-electron chi connectivity index (χ3n) is 4.69. The fraction of sp³-hybridized carbons (Fsp3) is 0.300. The maximum Gasteiger partial charge on any atom is 0.280 e. The van der Waals surface area contributed by atoms with Crippen molar-refractivity contribution in [3.05, 3.63) is 58.4 Å². The van der Waals surface area contributed by atoms with Gasteiger partial charge in [0, 0.05) is 19.9 Å². The number of nitrogens with zero attached hydrogens (tertiary/aromatic N) is 5. The number of pyridine rings is 1. The van der Waals surface area contributed by atoms with Crippen LogP contribution in [0.3, 0.4) is 0 Å². The SMILES string of the molecule is CCCCn1ccc2c(nnc3c(-c4ccc(F)cc4)c(COC)nn32)c1=O. The summed E-state index contributed by atoms with van der Waals surface area (Å²) < 4.78 is 21.9. The Balaban J connectivity index is 1.96. The average Bonchev–Trinajstić information content (AvgIpc) is 3.07. The molecule has 8 heteroatoms. The molecule has 0 saturated carbocycles. The maximum absolute atomic E-state index is 13.4. The molecule has 0 aliphatic heterocycles. The number of fused-ring (bicyclic) bond motifs is 3. The monoisotopic (exact) mass is 381 g/mol. The molecule has 4 aromatic rings. The van der Waals surface area contributed by atoms with Crippen LogP contribution in [-0.4, -0.2) is 31.5 Å². The van der Waals surface area contributed by atoms with Gasteiger partial charge in [-0.2, -0.15) is 5.10 Å². The Morgan fingerprint density at radius 3 is 2.64 bits per heavy atom. The van der Waals surface area contributed by atoms with Gasteiger partial charge in [0.1, 0.15) is 11.3 Å². The zero-order chi connectivity index (χ0) is 19.7. The lowest BCUT2D eigenvalue weighted by atomic mass is 10.1. The Morgan fingerprint density at radius 1 is 1.14 bits per heavy atom. The van der Waals surface area contributed by atoms with Gasteiger partial charge >= 0.3 is 0 Å². The van der Waals surface area contributed by atoms with Gasteiger partial charge in [0.05, 0.1) is 17.9 Å². The Labute approximate surface area is 160 Å². The number of rotatable bonds is 6. The van der Waals surface area contributed by atoms with Crippen molar-refractivity contribution in [1.82, 2.24) is 24.4 Å². The first kappa shape index (κ1) is 18.2. The minimum Gasteiger partial charge on any atom is -0.378 e. The van der Waals surface area contributed by atoms with Gasteiger partial charge in [-0.1, -0.05) is 25.5 Å². The summed E-state index contributed by atoms with van der Waals surface area (Å²) in [5.41, 5.74) is 3.27.